The molecule has 1 unspecified atom stereocenters. The van der Waals surface area contributed by atoms with E-state index in [1.165, 1.54) is 16.4 Å². The molecule has 0 saturated carbocycles. The first-order valence-corrected chi connectivity index (χ1v) is 8.31. The lowest BCUT2D eigenvalue weighted by molar-refractivity contribution is 0.118. The van der Waals surface area contributed by atoms with Crippen molar-refractivity contribution in [3.63, 3.8) is 0 Å². The summed E-state index contributed by atoms with van der Waals surface area (Å²) in [6.07, 6.45) is 1.82. The fraction of sp³-hybridized carbons (Fsp3) is 0.538. The smallest absolute Gasteiger partial charge is 0.245 e. The summed E-state index contributed by atoms with van der Waals surface area (Å²) in [5.41, 5.74) is 5.98. The molecule has 1 aromatic rings. The van der Waals surface area contributed by atoms with Crippen LogP contribution in [0.25, 0.3) is 0 Å². The summed E-state index contributed by atoms with van der Waals surface area (Å²) in [6.45, 7) is 1.56. The number of ether oxygens (including phenoxy) is 1. The highest BCUT2D eigenvalue weighted by Crippen LogP contribution is 2.28. The maximum Gasteiger partial charge on any atom is 0.245 e. The average Bonchev–Trinajstić information content (AvgIpc) is 2.39. The summed E-state index contributed by atoms with van der Waals surface area (Å²) in [5.74, 6) is 0.233. The van der Waals surface area contributed by atoms with E-state index in [1.54, 1.807) is 13.2 Å². The zero-order chi connectivity index (χ0) is 14.8. The number of sulfonamides is 1. The van der Waals surface area contributed by atoms with E-state index in [2.05, 4.69) is 0 Å². The van der Waals surface area contributed by atoms with Gasteiger partial charge in [0, 0.05) is 25.2 Å². The number of anilines is 1. The zero-order valence-electron chi connectivity index (χ0n) is 11.4. The van der Waals surface area contributed by atoms with Gasteiger partial charge in [-0.05, 0) is 37.0 Å². The van der Waals surface area contributed by atoms with Crippen LogP contribution in [0.3, 0.4) is 0 Å². The fourth-order valence-corrected chi connectivity index (χ4v) is 4.34. The summed E-state index contributed by atoms with van der Waals surface area (Å²) >= 11 is 5.81. The van der Waals surface area contributed by atoms with Crippen LogP contribution in [0.5, 0.6) is 0 Å². The van der Waals surface area contributed by atoms with Crippen molar-refractivity contribution in [2.24, 2.45) is 5.92 Å². The quantitative estimate of drug-likeness (QED) is 0.861. The second-order valence-electron chi connectivity index (χ2n) is 5.01. The highest BCUT2D eigenvalue weighted by atomic mass is 35.5. The molecule has 1 heterocycles. The highest BCUT2D eigenvalue weighted by Gasteiger charge is 2.31. The molecule has 0 radical (unpaired) electrons. The molecule has 1 fully saturated rings. The molecule has 0 aromatic heterocycles. The standard InChI is InChI=1S/C13H19ClN2O3S/c1-19-9-10-3-2-6-16(8-10)20(17,18)13-5-4-11(14)7-12(13)15/h4-5,7,10H,2-3,6,8-9,15H2,1H3. The molecule has 1 aliphatic rings. The molecule has 0 spiro atoms. The number of rotatable bonds is 4. The lowest BCUT2D eigenvalue weighted by atomic mass is 10.0. The third-order valence-electron chi connectivity index (χ3n) is 3.47. The van der Waals surface area contributed by atoms with Crippen molar-refractivity contribution >= 4 is 27.3 Å². The Kier molecular flexibility index (Phi) is 4.90. The van der Waals surface area contributed by atoms with Crippen molar-refractivity contribution in [1.29, 1.82) is 0 Å². The number of benzene rings is 1. The number of hydrogen-bond donors (Lipinski definition) is 1. The highest BCUT2D eigenvalue weighted by molar-refractivity contribution is 7.89. The Hall–Kier alpha value is -0.820. The van der Waals surface area contributed by atoms with Crippen LogP contribution < -0.4 is 5.73 Å². The Bertz CT molecular complexity index is 575. The number of piperidine rings is 1. The van der Waals surface area contributed by atoms with Gasteiger partial charge in [-0.25, -0.2) is 8.42 Å². The minimum atomic E-state index is -3.57. The van der Waals surface area contributed by atoms with Gasteiger partial charge in [0.15, 0.2) is 0 Å². The molecule has 2 N–H and O–H groups in total. The summed E-state index contributed by atoms with van der Waals surface area (Å²) < 4.78 is 31.9. The van der Waals surface area contributed by atoms with E-state index in [0.29, 0.717) is 24.7 Å². The predicted octanol–water partition coefficient (Wildman–Crippen LogP) is 1.97. The topological polar surface area (TPSA) is 72.6 Å². The minimum absolute atomic E-state index is 0.125. The SMILES string of the molecule is COCC1CCCN(S(=O)(=O)c2ccc(Cl)cc2N)C1. The first kappa shape index (κ1) is 15.6. The van der Waals surface area contributed by atoms with Gasteiger partial charge in [-0.3, -0.25) is 0 Å². The molecule has 112 valence electrons. The summed E-state index contributed by atoms with van der Waals surface area (Å²) in [5, 5.41) is 0.428. The fourth-order valence-electron chi connectivity index (χ4n) is 2.51. The number of nitrogens with two attached hydrogens (primary N) is 1. The predicted molar refractivity (Wildman–Crippen MR) is 79.2 cm³/mol. The van der Waals surface area contributed by atoms with Gasteiger partial charge in [-0.1, -0.05) is 11.6 Å². The molecular formula is C13H19ClN2O3S. The van der Waals surface area contributed by atoms with Gasteiger partial charge in [-0.2, -0.15) is 4.31 Å². The van der Waals surface area contributed by atoms with E-state index >= 15 is 0 Å². The number of nitrogen functional groups attached to an aromatic ring is 1. The molecule has 1 aromatic carbocycles. The third kappa shape index (κ3) is 3.25. The molecule has 1 atom stereocenters. The normalized spacial score (nSPS) is 21.0. The molecule has 20 heavy (non-hydrogen) atoms. The third-order valence-corrected chi connectivity index (χ3v) is 5.65. The lowest BCUT2D eigenvalue weighted by Gasteiger charge is -2.31. The Morgan fingerprint density at radius 3 is 2.90 bits per heavy atom. The number of hydrogen-bond acceptors (Lipinski definition) is 4. The van der Waals surface area contributed by atoms with Gasteiger partial charge in [0.25, 0.3) is 0 Å². The maximum atomic E-state index is 12.6. The van der Waals surface area contributed by atoms with Gasteiger partial charge in [0.1, 0.15) is 4.90 Å². The first-order valence-electron chi connectivity index (χ1n) is 6.49. The van der Waals surface area contributed by atoms with Crippen LogP contribution in [0.2, 0.25) is 5.02 Å². The first-order chi connectivity index (χ1) is 9.45. The Balaban J connectivity index is 2.25. The molecule has 0 bridgehead atoms. The van der Waals surface area contributed by atoms with Gasteiger partial charge in [-0.15, -0.1) is 0 Å². The second kappa shape index (κ2) is 6.30. The molecule has 0 aliphatic carbocycles. The molecule has 0 amide bonds. The Morgan fingerprint density at radius 2 is 2.25 bits per heavy atom. The van der Waals surface area contributed by atoms with E-state index in [-0.39, 0.29) is 16.5 Å². The minimum Gasteiger partial charge on any atom is -0.398 e. The van der Waals surface area contributed by atoms with Crippen LogP contribution in [0.4, 0.5) is 5.69 Å². The number of halogens is 1. The number of nitrogens with zero attached hydrogens (tertiary/aromatic N) is 1. The van der Waals surface area contributed by atoms with E-state index in [0.717, 1.165) is 12.8 Å². The lowest BCUT2D eigenvalue weighted by Crippen LogP contribution is -2.41. The Labute approximate surface area is 124 Å². The summed E-state index contributed by atoms with van der Waals surface area (Å²) in [4.78, 5) is 0.125. The van der Waals surface area contributed by atoms with Crippen LogP contribution in [-0.2, 0) is 14.8 Å². The molecule has 7 heteroatoms. The van der Waals surface area contributed by atoms with Gasteiger partial charge >= 0.3 is 0 Å². The molecule has 1 saturated heterocycles. The average molecular weight is 319 g/mol. The molecule has 2 rings (SSSR count). The molecular weight excluding hydrogens is 300 g/mol. The van der Waals surface area contributed by atoms with Crippen molar-refractivity contribution in [2.45, 2.75) is 17.7 Å². The molecule has 5 nitrogen and oxygen atoms in total. The van der Waals surface area contributed by atoms with Crippen LogP contribution in [0.1, 0.15) is 12.8 Å². The largest absolute Gasteiger partial charge is 0.398 e. The maximum absolute atomic E-state index is 12.6. The van der Waals surface area contributed by atoms with Gasteiger partial charge in [0.2, 0.25) is 10.0 Å². The summed E-state index contributed by atoms with van der Waals surface area (Å²) in [7, 11) is -1.94. The van der Waals surface area contributed by atoms with Crippen molar-refractivity contribution in [1.82, 2.24) is 4.31 Å². The zero-order valence-corrected chi connectivity index (χ0v) is 13.0. The van der Waals surface area contributed by atoms with E-state index in [9.17, 15) is 8.42 Å². The summed E-state index contributed by atoms with van der Waals surface area (Å²) in [6, 6.07) is 4.47. The van der Waals surface area contributed by atoms with E-state index in [1.807, 2.05) is 0 Å². The monoisotopic (exact) mass is 318 g/mol. The van der Waals surface area contributed by atoms with Crippen molar-refractivity contribution in [3.05, 3.63) is 23.2 Å². The molecule has 1 aliphatic heterocycles. The van der Waals surface area contributed by atoms with Crippen LogP contribution in [0, 0.1) is 5.92 Å². The second-order valence-corrected chi connectivity index (χ2v) is 7.35. The van der Waals surface area contributed by atoms with Gasteiger partial charge in [0.05, 0.1) is 12.3 Å². The van der Waals surface area contributed by atoms with Crippen molar-refractivity contribution in [2.75, 3.05) is 32.5 Å². The van der Waals surface area contributed by atoms with Crippen LogP contribution >= 0.6 is 11.6 Å². The van der Waals surface area contributed by atoms with E-state index in [4.69, 9.17) is 22.1 Å². The van der Waals surface area contributed by atoms with E-state index < -0.39 is 10.0 Å². The van der Waals surface area contributed by atoms with Crippen LogP contribution in [0.15, 0.2) is 23.1 Å². The van der Waals surface area contributed by atoms with Crippen molar-refractivity contribution in [3.8, 4) is 0 Å². The van der Waals surface area contributed by atoms with Crippen LogP contribution in [-0.4, -0.2) is 39.5 Å². The number of methoxy groups -OCH3 is 1. The Morgan fingerprint density at radius 1 is 1.50 bits per heavy atom. The van der Waals surface area contributed by atoms with Crippen molar-refractivity contribution < 1.29 is 13.2 Å². The van der Waals surface area contributed by atoms with Gasteiger partial charge < -0.3 is 10.5 Å².